The van der Waals surface area contributed by atoms with Gasteiger partial charge in [-0.1, -0.05) is 60.2 Å². The van der Waals surface area contributed by atoms with Gasteiger partial charge >= 0.3 is 6.03 Å². The van der Waals surface area contributed by atoms with Crippen LogP contribution in [0.4, 0.5) is 10.5 Å². The second-order valence-corrected chi connectivity index (χ2v) is 8.64. The molecule has 5 rings (SSSR count). The fourth-order valence-corrected chi connectivity index (χ4v) is 4.66. The maximum absolute atomic E-state index is 13.7. The molecule has 1 aliphatic rings. The summed E-state index contributed by atoms with van der Waals surface area (Å²) >= 11 is 3.54. The second kappa shape index (κ2) is 8.08. The zero-order valence-electron chi connectivity index (χ0n) is 17.1. The Labute approximate surface area is 190 Å². The number of halogens is 1. The van der Waals surface area contributed by atoms with Crippen LogP contribution in [0.5, 0.6) is 0 Å². The number of hydrogen-bond acceptors (Lipinski definition) is 1. The fraction of sp³-hybridized carbons (Fsp3) is 0.115. The van der Waals surface area contributed by atoms with Crippen molar-refractivity contribution in [1.82, 2.24) is 9.47 Å². The standard InChI is InChI=1S/C26H22BrN3O/c1-18-8-6-10-19(16-18)25-24-14-7-15-29(24)23-13-5-2-9-20(23)17-30(25)26(31)28-22-12-4-3-11-21(22)27/h2-16,25H,17H2,1H3,(H,28,31). The third-order valence-electron chi connectivity index (χ3n) is 5.70. The third kappa shape index (κ3) is 3.66. The quantitative estimate of drug-likeness (QED) is 0.347. The minimum atomic E-state index is -0.218. The Bertz CT molecular complexity index is 1260. The van der Waals surface area contributed by atoms with Gasteiger partial charge in [0.25, 0.3) is 0 Å². The molecular formula is C26H22BrN3O. The van der Waals surface area contributed by atoms with Crippen LogP contribution in [0.15, 0.2) is 95.6 Å². The minimum absolute atomic E-state index is 0.136. The van der Waals surface area contributed by atoms with Gasteiger partial charge in [-0.25, -0.2) is 4.79 Å². The van der Waals surface area contributed by atoms with Crippen molar-refractivity contribution in [1.29, 1.82) is 0 Å². The van der Waals surface area contributed by atoms with E-state index >= 15 is 0 Å². The van der Waals surface area contributed by atoms with Crippen molar-refractivity contribution in [3.8, 4) is 5.69 Å². The second-order valence-electron chi connectivity index (χ2n) is 7.79. The highest BCUT2D eigenvalue weighted by Gasteiger charge is 2.33. The molecule has 1 unspecified atom stereocenters. The van der Waals surface area contributed by atoms with Gasteiger partial charge < -0.3 is 14.8 Å². The molecule has 154 valence electrons. The topological polar surface area (TPSA) is 37.3 Å². The van der Waals surface area contributed by atoms with Gasteiger partial charge in [0.2, 0.25) is 0 Å². The Hall–Kier alpha value is -3.31. The number of fused-ring (bicyclic) bond motifs is 3. The zero-order chi connectivity index (χ0) is 21.4. The first-order chi connectivity index (χ1) is 15.1. The summed E-state index contributed by atoms with van der Waals surface area (Å²) in [5.74, 6) is 0. The molecule has 3 aromatic carbocycles. The predicted octanol–water partition coefficient (Wildman–Crippen LogP) is 6.69. The van der Waals surface area contributed by atoms with Crippen LogP contribution in [-0.2, 0) is 6.54 Å². The molecular weight excluding hydrogens is 450 g/mol. The van der Waals surface area contributed by atoms with Crippen molar-refractivity contribution >= 4 is 27.6 Å². The first-order valence-electron chi connectivity index (χ1n) is 10.3. The summed E-state index contributed by atoms with van der Waals surface area (Å²) < 4.78 is 3.06. The molecule has 4 aromatic rings. The Morgan fingerprint density at radius 2 is 1.77 bits per heavy atom. The molecule has 1 atom stereocenters. The maximum Gasteiger partial charge on any atom is 0.323 e. The molecule has 5 heteroatoms. The Morgan fingerprint density at radius 3 is 2.61 bits per heavy atom. The first-order valence-corrected chi connectivity index (χ1v) is 11.1. The fourth-order valence-electron chi connectivity index (χ4n) is 4.28. The summed E-state index contributed by atoms with van der Waals surface area (Å²) in [5, 5.41) is 3.11. The molecule has 0 saturated heterocycles. The smallest absolute Gasteiger partial charge is 0.318 e. The number of aromatic nitrogens is 1. The van der Waals surface area contributed by atoms with Gasteiger partial charge in [0.15, 0.2) is 0 Å². The number of carbonyl (C=O) groups excluding carboxylic acids is 1. The summed E-state index contributed by atoms with van der Waals surface area (Å²) in [6.07, 6.45) is 2.08. The van der Waals surface area contributed by atoms with Crippen LogP contribution < -0.4 is 5.32 Å². The molecule has 4 nitrogen and oxygen atoms in total. The third-order valence-corrected chi connectivity index (χ3v) is 6.39. The molecule has 2 amide bonds. The number of urea groups is 1. The summed E-state index contributed by atoms with van der Waals surface area (Å²) in [6.45, 7) is 2.59. The maximum atomic E-state index is 13.7. The van der Waals surface area contributed by atoms with E-state index in [1.165, 1.54) is 5.56 Å². The summed E-state index contributed by atoms with van der Waals surface area (Å²) in [7, 11) is 0. The number of benzene rings is 3. The van der Waals surface area contributed by atoms with E-state index in [9.17, 15) is 4.79 Å². The highest BCUT2D eigenvalue weighted by Crippen LogP contribution is 2.37. The van der Waals surface area contributed by atoms with E-state index in [2.05, 4.69) is 81.4 Å². The molecule has 1 N–H and O–H groups in total. The van der Waals surface area contributed by atoms with Gasteiger partial charge in [-0.05, 0) is 64.3 Å². The van der Waals surface area contributed by atoms with Crippen molar-refractivity contribution in [2.45, 2.75) is 19.5 Å². The Kier molecular flexibility index (Phi) is 5.12. The number of anilines is 1. The predicted molar refractivity (Wildman–Crippen MR) is 127 cm³/mol. The van der Waals surface area contributed by atoms with Gasteiger partial charge in [-0.15, -0.1) is 0 Å². The minimum Gasteiger partial charge on any atom is -0.318 e. The van der Waals surface area contributed by atoms with E-state index in [1.54, 1.807) is 0 Å². The van der Waals surface area contributed by atoms with Crippen molar-refractivity contribution in [3.63, 3.8) is 0 Å². The highest BCUT2D eigenvalue weighted by atomic mass is 79.9. The van der Waals surface area contributed by atoms with Crippen LogP contribution >= 0.6 is 15.9 Å². The van der Waals surface area contributed by atoms with Crippen molar-refractivity contribution in [2.75, 3.05) is 5.32 Å². The SMILES string of the molecule is Cc1cccc(C2c3cccn3-c3ccccc3CN2C(=O)Nc2ccccc2Br)c1. The number of para-hydroxylation sites is 2. The van der Waals surface area contributed by atoms with Gasteiger partial charge in [0.05, 0.1) is 24.0 Å². The number of hydrogen-bond donors (Lipinski definition) is 1. The molecule has 1 aliphatic heterocycles. The molecule has 0 aliphatic carbocycles. The van der Waals surface area contributed by atoms with E-state index in [1.807, 2.05) is 47.4 Å². The van der Waals surface area contributed by atoms with Crippen LogP contribution in [0.2, 0.25) is 0 Å². The summed E-state index contributed by atoms with van der Waals surface area (Å²) in [5.41, 5.74) is 6.30. The number of nitrogens with one attached hydrogen (secondary N) is 1. The van der Waals surface area contributed by atoms with Crippen LogP contribution in [0.3, 0.4) is 0 Å². The lowest BCUT2D eigenvalue weighted by atomic mass is 10.00. The average molecular weight is 472 g/mol. The van der Waals surface area contributed by atoms with Crippen LogP contribution in [0.25, 0.3) is 5.69 Å². The van der Waals surface area contributed by atoms with Crippen molar-refractivity contribution in [2.24, 2.45) is 0 Å². The van der Waals surface area contributed by atoms with Gasteiger partial charge in [0.1, 0.15) is 0 Å². The molecule has 0 radical (unpaired) electrons. The Balaban J connectivity index is 1.65. The number of rotatable bonds is 2. The molecule has 0 spiro atoms. The van der Waals surface area contributed by atoms with E-state index in [4.69, 9.17) is 0 Å². The lowest BCUT2D eigenvalue weighted by molar-refractivity contribution is 0.194. The van der Waals surface area contributed by atoms with Crippen LogP contribution in [0, 0.1) is 6.92 Å². The zero-order valence-corrected chi connectivity index (χ0v) is 18.7. The summed E-state index contributed by atoms with van der Waals surface area (Å²) in [6, 6.07) is 28.2. The Morgan fingerprint density at radius 1 is 0.968 bits per heavy atom. The van der Waals surface area contributed by atoms with Crippen molar-refractivity contribution in [3.05, 3.63) is 118 Å². The monoisotopic (exact) mass is 471 g/mol. The molecule has 0 bridgehead atoms. The first kappa shape index (κ1) is 19.6. The van der Waals surface area contributed by atoms with E-state index in [-0.39, 0.29) is 12.1 Å². The van der Waals surface area contributed by atoms with Gasteiger partial charge in [-0.3, -0.25) is 0 Å². The number of nitrogens with zero attached hydrogens (tertiary/aromatic N) is 2. The van der Waals surface area contributed by atoms with Gasteiger partial charge in [0, 0.05) is 16.4 Å². The van der Waals surface area contributed by atoms with Gasteiger partial charge in [-0.2, -0.15) is 0 Å². The molecule has 2 heterocycles. The van der Waals surface area contributed by atoms with Crippen molar-refractivity contribution < 1.29 is 4.79 Å². The molecule has 31 heavy (non-hydrogen) atoms. The largest absolute Gasteiger partial charge is 0.323 e. The number of carbonyl (C=O) groups is 1. The highest BCUT2D eigenvalue weighted by molar-refractivity contribution is 9.10. The number of amides is 2. The average Bonchev–Trinajstić information content (AvgIpc) is 3.19. The van der Waals surface area contributed by atoms with Crippen LogP contribution in [0.1, 0.15) is 28.4 Å². The molecule has 0 saturated carbocycles. The van der Waals surface area contributed by atoms with E-state index < -0.39 is 0 Å². The van der Waals surface area contributed by atoms with Crippen LogP contribution in [-0.4, -0.2) is 15.5 Å². The molecule has 1 aromatic heterocycles. The summed E-state index contributed by atoms with van der Waals surface area (Å²) in [4.78, 5) is 15.6. The molecule has 0 fully saturated rings. The lowest BCUT2D eigenvalue weighted by Gasteiger charge is -2.31. The van der Waals surface area contributed by atoms with E-state index in [0.717, 1.165) is 32.7 Å². The lowest BCUT2D eigenvalue weighted by Crippen LogP contribution is -2.38. The van der Waals surface area contributed by atoms with E-state index in [0.29, 0.717) is 6.54 Å². The number of aryl methyl sites for hydroxylation is 1. The normalized spacial score (nSPS) is 15.0.